The number of hydrogen-bond donors (Lipinski definition) is 1. The Morgan fingerprint density at radius 2 is 1.87 bits per heavy atom. The molecule has 1 aromatic carbocycles. The standard InChI is InChI=1S/C20H24N2O6S2/c1-13-7-8-15(30(26,27)22(3)4)12-16(13)21-20(25)14(2)28-19(24)10-9-17(23)18-6-5-11-29-18/h5-8,11-12,14H,9-10H2,1-4H3,(H,21,25)/t14-/m1/s1. The lowest BCUT2D eigenvalue weighted by molar-refractivity contribution is -0.153. The van der Waals surface area contributed by atoms with E-state index < -0.39 is 28.0 Å². The van der Waals surface area contributed by atoms with Crippen molar-refractivity contribution >= 4 is 44.7 Å². The zero-order chi connectivity index (χ0) is 22.5. The molecule has 0 bridgehead atoms. The first-order valence-electron chi connectivity index (χ1n) is 9.12. The van der Waals surface area contributed by atoms with Crippen molar-refractivity contribution in [2.24, 2.45) is 0 Å². The molecular formula is C20H24N2O6S2. The predicted molar refractivity (Wildman–Crippen MR) is 114 cm³/mol. The van der Waals surface area contributed by atoms with Gasteiger partial charge in [0.05, 0.1) is 16.2 Å². The second-order valence-corrected chi connectivity index (χ2v) is 9.89. The van der Waals surface area contributed by atoms with Gasteiger partial charge < -0.3 is 10.1 Å². The molecule has 2 rings (SSSR count). The largest absolute Gasteiger partial charge is 0.453 e. The molecule has 0 aliphatic heterocycles. The lowest BCUT2D eigenvalue weighted by Gasteiger charge is -2.16. The van der Waals surface area contributed by atoms with Crippen molar-refractivity contribution in [1.29, 1.82) is 0 Å². The van der Waals surface area contributed by atoms with Crippen molar-refractivity contribution in [3.8, 4) is 0 Å². The second kappa shape index (κ2) is 9.96. The number of benzene rings is 1. The minimum Gasteiger partial charge on any atom is -0.453 e. The van der Waals surface area contributed by atoms with E-state index in [0.29, 0.717) is 16.1 Å². The molecule has 30 heavy (non-hydrogen) atoms. The molecule has 1 heterocycles. The zero-order valence-electron chi connectivity index (χ0n) is 17.2. The molecule has 1 amide bonds. The highest BCUT2D eigenvalue weighted by Gasteiger charge is 2.22. The maximum Gasteiger partial charge on any atom is 0.307 e. The van der Waals surface area contributed by atoms with Crippen LogP contribution in [0.5, 0.6) is 0 Å². The summed E-state index contributed by atoms with van der Waals surface area (Å²) in [5, 5.41) is 4.37. The van der Waals surface area contributed by atoms with Gasteiger partial charge in [0.2, 0.25) is 10.0 Å². The first-order chi connectivity index (χ1) is 14.0. The van der Waals surface area contributed by atoms with Crippen LogP contribution in [-0.2, 0) is 24.3 Å². The third-order valence-electron chi connectivity index (χ3n) is 4.28. The smallest absolute Gasteiger partial charge is 0.307 e. The number of hydrogen-bond acceptors (Lipinski definition) is 7. The number of carbonyl (C=O) groups is 3. The molecule has 1 N–H and O–H groups in total. The second-order valence-electron chi connectivity index (χ2n) is 6.79. The normalized spacial score (nSPS) is 12.4. The molecule has 1 atom stereocenters. The molecule has 0 fully saturated rings. The summed E-state index contributed by atoms with van der Waals surface area (Å²) in [7, 11) is -0.830. The molecule has 0 saturated heterocycles. The van der Waals surface area contributed by atoms with Crippen LogP contribution < -0.4 is 5.32 Å². The summed E-state index contributed by atoms with van der Waals surface area (Å²) in [5.41, 5.74) is 0.958. The van der Waals surface area contributed by atoms with Gasteiger partial charge >= 0.3 is 5.97 Å². The van der Waals surface area contributed by atoms with Crippen LogP contribution in [0.1, 0.15) is 35.0 Å². The summed E-state index contributed by atoms with van der Waals surface area (Å²) < 4.78 is 30.8. The number of nitrogens with one attached hydrogen (secondary N) is 1. The predicted octanol–water partition coefficient (Wildman–Crippen LogP) is 2.84. The lowest BCUT2D eigenvalue weighted by Crippen LogP contribution is -2.30. The van der Waals surface area contributed by atoms with E-state index in [0.717, 1.165) is 4.31 Å². The van der Waals surface area contributed by atoms with E-state index in [1.54, 1.807) is 30.5 Å². The van der Waals surface area contributed by atoms with Crippen molar-refractivity contribution in [3.05, 3.63) is 46.2 Å². The van der Waals surface area contributed by atoms with Gasteiger partial charge in [0.15, 0.2) is 11.9 Å². The Bertz CT molecular complexity index is 1030. The van der Waals surface area contributed by atoms with Crippen molar-refractivity contribution in [2.45, 2.75) is 37.7 Å². The summed E-state index contributed by atoms with van der Waals surface area (Å²) >= 11 is 1.30. The zero-order valence-corrected chi connectivity index (χ0v) is 18.8. The van der Waals surface area contributed by atoms with Crippen LogP contribution in [0.2, 0.25) is 0 Å². The van der Waals surface area contributed by atoms with E-state index >= 15 is 0 Å². The molecule has 0 radical (unpaired) electrons. The number of ether oxygens (including phenoxy) is 1. The molecule has 2 aromatic rings. The molecule has 0 aliphatic rings. The van der Waals surface area contributed by atoms with E-state index in [4.69, 9.17) is 4.74 Å². The SMILES string of the molecule is Cc1ccc(S(=O)(=O)N(C)C)cc1NC(=O)[C@@H](C)OC(=O)CCC(=O)c1cccs1. The van der Waals surface area contributed by atoms with Gasteiger partial charge in [-0.15, -0.1) is 11.3 Å². The van der Waals surface area contributed by atoms with Crippen molar-refractivity contribution in [2.75, 3.05) is 19.4 Å². The van der Waals surface area contributed by atoms with Crippen LogP contribution in [0.4, 0.5) is 5.69 Å². The number of aryl methyl sites for hydroxylation is 1. The fourth-order valence-electron chi connectivity index (χ4n) is 2.43. The molecule has 0 aliphatic carbocycles. The molecule has 0 saturated carbocycles. The van der Waals surface area contributed by atoms with Crippen LogP contribution in [-0.4, -0.2) is 50.6 Å². The number of anilines is 1. The Morgan fingerprint density at radius 3 is 2.47 bits per heavy atom. The lowest BCUT2D eigenvalue weighted by atomic mass is 10.2. The van der Waals surface area contributed by atoms with Crippen LogP contribution in [0.25, 0.3) is 0 Å². The minimum atomic E-state index is -3.66. The van der Waals surface area contributed by atoms with Gasteiger partial charge in [-0.25, -0.2) is 12.7 Å². The number of carbonyl (C=O) groups excluding carboxylic acids is 3. The Morgan fingerprint density at radius 1 is 1.17 bits per heavy atom. The summed E-state index contributed by atoms with van der Waals surface area (Å²) in [6.07, 6.45) is -1.25. The van der Waals surface area contributed by atoms with Gasteiger partial charge in [-0.2, -0.15) is 0 Å². The van der Waals surface area contributed by atoms with Crippen molar-refractivity contribution in [3.63, 3.8) is 0 Å². The van der Waals surface area contributed by atoms with E-state index in [1.807, 2.05) is 0 Å². The third-order valence-corrected chi connectivity index (χ3v) is 7.00. The number of rotatable bonds is 9. The highest BCUT2D eigenvalue weighted by Crippen LogP contribution is 2.22. The van der Waals surface area contributed by atoms with Gasteiger partial charge in [-0.1, -0.05) is 12.1 Å². The van der Waals surface area contributed by atoms with Gasteiger partial charge in [-0.3, -0.25) is 14.4 Å². The first kappa shape index (κ1) is 23.7. The van der Waals surface area contributed by atoms with E-state index in [-0.39, 0.29) is 23.5 Å². The Hall–Kier alpha value is -2.56. The van der Waals surface area contributed by atoms with Gasteiger partial charge in [0, 0.05) is 26.2 Å². The van der Waals surface area contributed by atoms with Crippen LogP contribution in [0, 0.1) is 6.92 Å². The van der Waals surface area contributed by atoms with E-state index in [2.05, 4.69) is 5.32 Å². The molecule has 8 nitrogen and oxygen atoms in total. The molecule has 0 spiro atoms. The first-order valence-corrected chi connectivity index (χ1v) is 11.4. The van der Waals surface area contributed by atoms with Crippen LogP contribution in [0.15, 0.2) is 40.6 Å². The highest BCUT2D eigenvalue weighted by atomic mass is 32.2. The summed E-state index contributed by atoms with van der Waals surface area (Å²) in [4.78, 5) is 36.9. The number of amides is 1. The van der Waals surface area contributed by atoms with Gasteiger partial charge in [-0.05, 0) is 43.0 Å². The number of ketones is 1. The molecule has 10 heteroatoms. The average molecular weight is 453 g/mol. The maximum atomic E-state index is 12.4. The Labute approximate surface area is 179 Å². The molecule has 1 aromatic heterocycles. The van der Waals surface area contributed by atoms with Crippen LogP contribution in [0.3, 0.4) is 0 Å². The minimum absolute atomic E-state index is 0.00274. The number of sulfonamides is 1. The number of Topliss-reactive ketones (excluding diaryl/α,β-unsaturated/α-hetero) is 1. The summed E-state index contributed by atoms with van der Waals surface area (Å²) in [6.45, 7) is 3.12. The van der Waals surface area contributed by atoms with E-state index in [9.17, 15) is 22.8 Å². The van der Waals surface area contributed by atoms with Gasteiger partial charge in [0.25, 0.3) is 5.91 Å². The topological polar surface area (TPSA) is 110 Å². The monoisotopic (exact) mass is 452 g/mol. The van der Waals surface area contributed by atoms with E-state index in [1.165, 1.54) is 44.5 Å². The fraction of sp³-hybridized carbons (Fsp3) is 0.350. The van der Waals surface area contributed by atoms with Crippen molar-refractivity contribution < 1.29 is 27.5 Å². The maximum absolute atomic E-state index is 12.4. The number of esters is 1. The summed E-state index contributed by atoms with van der Waals surface area (Å²) in [6, 6.07) is 7.83. The quantitative estimate of drug-likeness (QED) is 0.463. The number of thiophene rings is 1. The highest BCUT2D eigenvalue weighted by molar-refractivity contribution is 7.89. The Balaban J connectivity index is 1.97. The van der Waals surface area contributed by atoms with Gasteiger partial charge in [0.1, 0.15) is 0 Å². The molecular weight excluding hydrogens is 428 g/mol. The summed E-state index contributed by atoms with van der Waals surface area (Å²) in [5.74, 6) is -1.42. The average Bonchev–Trinajstić information content (AvgIpc) is 3.22. The third kappa shape index (κ3) is 5.97. The Kier molecular flexibility index (Phi) is 7.88. The fourth-order valence-corrected chi connectivity index (χ4v) is 4.05. The van der Waals surface area contributed by atoms with Crippen LogP contribution >= 0.6 is 11.3 Å². The molecule has 162 valence electrons. The molecule has 0 unspecified atom stereocenters. The van der Waals surface area contributed by atoms with Crippen molar-refractivity contribution in [1.82, 2.24) is 4.31 Å². The number of nitrogens with zero attached hydrogens (tertiary/aromatic N) is 1.